The third-order valence-electron chi connectivity index (χ3n) is 4.68. The van der Waals surface area contributed by atoms with Gasteiger partial charge in [-0.1, -0.05) is 42.0 Å². The number of benzene rings is 2. The summed E-state index contributed by atoms with van der Waals surface area (Å²) in [4.78, 5) is 6.49. The quantitative estimate of drug-likeness (QED) is 0.241. The van der Waals surface area contributed by atoms with Gasteiger partial charge in [0.05, 0.1) is 0 Å². The highest BCUT2D eigenvalue weighted by atomic mass is 127. The summed E-state index contributed by atoms with van der Waals surface area (Å²) in [6.45, 7) is 1.88. The highest BCUT2D eigenvalue weighted by molar-refractivity contribution is 14.0. The van der Waals surface area contributed by atoms with Crippen molar-refractivity contribution in [2.75, 3.05) is 25.0 Å². The largest absolute Gasteiger partial charge is 0.434 e. The Morgan fingerprint density at radius 2 is 1.73 bits per heavy atom. The Balaban J connectivity index is 0.00000320. The summed E-state index contributed by atoms with van der Waals surface area (Å²) in [5.74, 6) is 0.753. The molecule has 0 aromatic heterocycles. The van der Waals surface area contributed by atoms with Crippen LogP contribution in [0, 0.1) is 6.92 Å². The maximum Gasteiger partial charge on any atom is 0.387 e. The Kier molecular flexibility index (Phi) is 9.35. The Morgan fingerprint density at radius 3 is 2.37 bits per heavy atom. The van der Waals surface area contributed by atoms with Crippen LogP contribution in [0.2, 0.25) is 0 Å². The second kappa shape index (κ2) is 11.7. The lowest BCUT2D eigenvalue weighted by molar-refractivity contribution is -0.0504. The van der Waals surface area contributed by atoms with Gasteiger partial charge < -0.3 is 20.3 Å². The van der Waals surface area contributed by atoms with Crippen LogP contribution in [0.3, 0.4) is 0 Å². The minimum Gasteiger partial charge on any atom is -0.434 e. The number of nitrogens with zero attached hydrogens (tertiary/aromatic N) is 2. The molecule has 0 radical (unpaired) electrons. The molecule has 0 atom stereocenters. The lowest BCUT2D eigenvalue weighted by atomic mass is 10.1. The van der Waals surface area contributed by atoms with E-state index in [4.69, 9.17) is 0 Å². The van der Waals surface area contributed by atoms with Crippen molar-refractivity contribution in [2.24, 2.45) is 4.99 Å². The number of rotatable bonds is 7. The van der Waals surface area contributed by atoms with E-state index < -0.39 is 6.61 Å². The molecule has 1 aliphatic rings. The average Bonchev–Trinajstić information content (AvgIpc) is 3.25. The first-order valence-electron chi connectivity index (χ1n) is 9.53. The molecule has 2 N–H and O–H groups in total. The number of halogens is 3. The van der Waals surface area contributed by atoms with Gasteiger partial charge in [0.25, 0.3) is 0 Å². The number of hydrogen-bond donors (Lipinski definition) is 2. The number of nitrogens with one attached hydrogen (secondary N) is 2. The van der Waals surface area contributed by atoms with E-state index in [1.54, 1.807) is 19.2 Å². The molecular weight excluding hydrogens is 501 g/mol. The van der Waals surface area contributed by atoms with E-state index in [0.717, 1.165) is 24.2 Å². The van der Waals surface area contributed by atoms with E-state index in [2.05, 4.69) is 61.7 Å². The van der Waals surface area contributed by atoms with Crippen LogP contribution in [0.4, 0.5) is 14.5 Å². The van der Waals surface area contributed by atoms with E-state index >= 15 is 0 Å². The fourth-order valence-corrected chi connectivity index (χ4v) is 3.16. The molecule has 1 heterocycles. The van der Waals surface area contributed by atoms with Crippen LogP contribution in [0.15, 0.2) is 59.6 Å². The van der Waals surface area contributed by atoms with Crippen LogP contribution in [0.25, 0.3) is 0 Å². The van der Waals surface area contributed by atoms with Crippen molar-refractivity contribution in [2.45, 2.75) is 26.6 Å². The van der Waals surface area contributed by atoms with Gasteiger partial charge in [-0.2, -0.15) is 8.78 Å². The summed E-state index contributed by atoms with van der Waals surface area (Å²) in [5.41, 5.74) is 3.95. The number of aliphatic imine (C=N–C) groups is 1. The molecule has 0 amide bonds. The highest BCUT2D eigenvalue weighted by Crippen LogP contribution is 2.22. The fraction of sp³-hybridized carbons (Fsp3) is 0.318. The van der Waals surface area contributed by atoms with Gasteiger partial charge in [0.1, 0.15) is 5.75 Å². The molecule has 0 bridgehead atoms. The van der Waals surface area contributed by atoms with Crippen LogP contribution in [0.1, 0.15) is 16.7 Å². The smallest absolute Gasteiger partial charge is 0.387 e. The molecule has 0 fully saturated rings. The molecule has 162 valence electrons. The molecule has 0 aliphatic carbocycles. The Hall–Kier alpha value is -2.36. The molecule has 8 heteroatoms. The number of anilines is 1. The van der Waals surface area contributed by atoms with E-state index in [-0.39, 0.29) is 29.7 Å². The van der Waals surface area contributed by atoms with Gasteiger partial charge in [0.2, 0.25) is 0 Å². The molecule has 0 saturated carbocycles. The van der Waals surface area contributed by atoms with Gasteiger partial charge in [0.15, 0.2) is 5.96 Å². The van der Waals surface area contributed by atoms with Gasteiger partial charge in [-0.15, -0.1) is 24.0 Å². The van der Waals surface area contributed by atoms with Crippen molar-refractivity contribution in [3.8, 4) is 5.75 Å². The van der Waals surface area contributed by atoms with Crippen molar-refractivity contribution >= 4 is 35.6 Å². The standard InChI is InChI=1S/C22H26F2N4O.HI/c1-16-5-10-20(29-21(23)24)18(13-16)15-27-22(25-2)26-14-17-6-8-19(9-7-17)28-11-3-4-12-28;/h3-10,13,21H,11-12,14-15H2,1-2H3,(H2,25,26,27);1H. The molecule has 0 unspecified atom stereocenters. The Morgan fingerprint density at radius 1 is 1.07 bits per heavy atom. The first-order chi connectivity index (χ1) is 14.0. The first-order valence-corrected chi connectivity index (χ1v) is 9.53. The molecule has 0 saturated heterocycles. The molecule has 5 nitrogen and oxygen atoms in total. The van der Waals surface area contributed by atoms with Crippen LogP contribution >= 0.6 is 24.0 Å². The van der Waals surface area contributed by atoms with E-state index in [1.807, 2.05) is 13.0 Å². The molecule has 30 heavy (non-hydrogen) atoms. The van der Waals surface area contributed by atoms with Gasteiger partial charge in [-0.25, -0.2) is 0 Å². The molecule has 2 aromatic carbocycles. The Labute approximate surface area is 193 Å². The summed E-state index contributed by atoms with van der Waals surface area (Å²) in [6.07, 6.45) is 4.33. The van der Waals surface area contributed by atoms with Crippen LogP contribution in [-0.2, 0) is 13.1 Å². The zero-order valence-corrected chi connectivity index (χ0v) is 19.4. The van der Waals surface area contributed by atoms with Crippen LogP contribution in [-0.4, -0.2) is 32.7 Å². The van der Waals surface area contributed by atoms with Crippen molar-refractivity contribution in [3.05, 3.63) is 71.3 Å². The number of ether oxygens (including phenoxy) is 1. The number of guanidine groups is 1. The number of alkyl halides is 2. The minimum absolute atomic E-state index is 0. The third-order valence-corrected chi connectivity index (χ3v) is 4.68. The van der Waals surface area contributed by atoms with Gasteiger partial charge >= 0.3 is 6.61 Å². The molecule has 1 aliphatic heterocycles. The predicted molar refractivity (Wildman–Crippen MR) is 128 cm³/mol. The van der Waals surface area contributed by atoms with Crippen molar-refractivity contribution in [1.29, 1.82) is 0 Å². The lowest BCUT2D eigenvalue weighted by Gasteiger charge is -2.18. The van der Waals surface area contributed by atoms with Gasteiger partial charge in [0, 0.05) is 44.5 Å². The van der Waals surface area contributed by atoms with Gasteiger partial charge in [-0.05, 0) is 30.7 Å². The van der Waals surface area contributed by atoms with Crippen molar-refractivity contribution in [3.63, 3.8) is 0 Å². The first kappa shape index (κ1) is 23.9. The van der Waals surface area contributed by atoms with E-state index in [9.17, 15) is 8.78 Å². The van der Waals surface area contributed by atoms with Crippen molar-refractivity contribution < 1.29 is 13.5 Å². The summed E-state index contributed by atoms with van der Waals surface area (Å²) in [6, 6.07) is 13.5. The molecule has 2 aromatic rings. The lowest BCUT2D eigenvalue weighted by Crippen LogP contribution is -2.36. The molecule has 3 rings (SSSR count). The van der Waals surface area contributed by atoms with Crippen molar-refractivity contribution in [1.82, 2.24) is 10.6 Å². The summed E-state index contributed by atoms with van der Waals surface area (Å²) in [5, 5.41) is 6.39. The monoisotopic (exact) mass is 528 g/mol. The Bertz CT molecular complexity index is 864. The van der Waals surface area contributed by atoms with Gasteiger partial charge in [-0.3, -0.25) is 4.99 Å². The zero-order chi connectivity index (χ0) is 20.6. The average molecular weight is 528 g/mol. The normalized spacial score (nSPS) is 13.4. The number of hydrogen-bond acceptors (Lipinski definition) is 3. The maximum absolute atomic E-state index is 12.6. The molecule has 0 spiro atoms. The van der Waals surface area contributed by atoms with Crippen LogP contribution < -0.4 is 20.3 Å². The number of aryl methyl sites for hydroxylation is 1. The zero-order valence-electron chi connectivity index (χ0n) is 17.1. The second-order valence-electron chi connectivity index (χ2n) is 6.81. The minimum atomic E-state index is -2.85. The third kappa shape index (κ3) is 6.86. The fourth-order valence-electron chi connectivity index (χ4n) is 3.16. The summed E-state index contributed by atoms with van der Waals surface area (Å²) in [7, 11) is 1.67. The predicted octanol–water partition coefficient (Wildman–Crippen LogP) is 4.46. The summed E-state index contributed by atoms with van der Waals surface area (Å²) < 4.78 is 29.8. The second-order valence-corrected chi connectivity index (χ2v) is 6.81. The maximum atomic E-state index is 12.6. The summed E-state index contributed by atoms with van der Waals surface area (Å²) >= 11 is 0. The topological polar surface area (TPSA) is 48.9 Å². The van der Waals surface area contributed by atoms with Crippen LogP contribution in [0.5, 0.6) is 5.75 Å². The SMILES string of the molecule is CN=C(NCc1ccc(N2CC=CC2)cc1)NCc1cc(C)ccc1OC(F)F.I. The highest BCUT2D eigenvalue weighted by Gasteiger charge is 2.11. The molecular formula is C22H27F2IN4O. The van der Waals surface area contributed by atoms with E-state index in [1.165, 1.54) is 5.69 Å². The van der Waals surface area contributed by atoms with E-state index in [0.29, 0.717) is 24.6 Å².